The zero-order valence-corrected chi connectivity index (χ0v) is 17.7. The van der Waals surface area contributed by atoms with E-state index in [-0.39, 0.29) is 23.5 Å². The third-order valence-electron chi connectivity index (χ3n) is 4.64. The van der Waals surface area contributed by atoms with E-state index >= 15 is 0 Å². The Labute approximate surface area is 174 Å². The first kappa shape index (κ1) is 21.0. The van der Waals surface area contributed by atoms with Crippen LogP contribution in [0.3, 0.4) is 0 Å². The van der Waals surface area contributed by atoms with E-state index in [4.69, 9.17) is 0 Å². The van der Waals surface area contributed by atoms with E-state index in [1.807, 2.05) is 61.7 Å². The normalized spacial score (nSPS) is 12.2. The Morgan fingerprint density at radius 3 is 2.52 bits per heavy atom. The molecule has 0 saturated carbocycles. The Balaban J connectivity index is 1.82. The molecule has 1 aromatic heterocycles. The highest BCUT2D eigenvalue weighted by Gasteiger charge is 2.21. The van der Waals surface area contributed by atoms with Gasteiger partial charge in [-0.3, -0.25) is 14.3 Å². The lowest BCUT2D eigenvalue weighted by molar-refractivity contribution is -0.113. The van der Waals surface area contributed by atoms with Crippen LogP contribution in [-0.2, 0) is 4.79 Å². The second-order valence-electron chi connectivity index (χ2n) is 6.94. The van der Waals surface area contributed by atoms with Gasteiger partial charge in [-0.15, -0.1) is 10.2 Å². The van der Waals surface area contributed by atoms with E-state index in [1.165, 1.54) is 23.9 Å². The zero-order chi connectivity index (χ0) is 21.0. The first-order valence-corrected chi connectivity index (χ1v) is 10.2. The molecule has 0 aliphatic carbocycles. The maximum Gasteiger partial charge on any atom is 0.234 e. The first-order chi connectivity index (χ1) is 13.9. The smallest absolute Gasteiger partial charge is 0.234 e. The van der Waals surface area contributed by atoms with Crippen LogP contribution in [0.4, 0.5) is 10.1 Å². The molecule has 1 atom stereocenters. The molecule has 6 nitrogen and oxygen atoms in total. The molecule has 152 valence electrons. The number of hydrogen-bond donors (Lipinski definition) is 1. The van der Waals surface area contributed by atoms with Gasteiger partial charge in [0, 0.05) is 11.4 Å². The molecule has 8 heteroatoms. The van der Waals surface area contributed by atoms with Crippen molar-refractivity contribution in [2.45, 2.75) is 25.0 Å². The molecule has 3 aromatic rings. The van der Waals surface area contributed by atoms with Crippen LogP contribution in [-0.4, -0.2) is 45.4 Å². The Morgan fingerprint density at radius 1 is 1.17 bits per heavy atom. The van der Waals surface area contributed by atoms with Crippen molar-refractivity contribution >= 4 is 23.4 Å². The van der Waals surface area contributed by atoms with Gasteiger partial charge in [0.05, 0.1) is 11.8 Å². The number of nitrogens with zero attached hydrogens (tertiary/aromatic N) is 4. The Kier molecular flexibility index (Phi) is 6.66. The van der Waals surface area contributed by atoms with Crippen molar-refractivity contribution in [3.05, 3.63) is 65.7 Å². The van der Waals surface area contributed by atoms with Crippen LogP contribution < -0.4 is 5.32 Å². The lowest BCUT2D eigenvalue weighted by Gasteiger charge is -2.20. The number of benzene rings is 2. The summed E-state index contributed by atoms with van der Waals surface area (Å²) in [5, 5.41) is 12.1. The highest BCUT2D eigenvalue weighted by Crippen LogP contribution is 2.27. The number of thioether (sulfide) groups is 1. The average molecular weight is 414 g/mol. The molecule has 1 heterocycles. The van der Waals surface area contributed by atoms with Gasteiger partial charge in [0.2, 0.25) is 5.91 Å². The molecule has 0 spiro atoms. The third-order valence-corrected chi connectivity index (χ3v) is 5.57. The van der Waals surface area contributed by atoms with E-state index in [1.54, 1.807) is 12.1 Å². The SMILES string of the molecule is Cc1ccccc1NC(=O)CSc1nnc([C@@H](C)N(C)C)n1-c1ccc(F)cc1. The molecule has 0 fully saturated rings. The molecular weight excluding hydrogens is 389 g/mol. The number of para-hydroxylation sites is 1. The summed E-state index contributed by atoms with van der Waals surface area (Å²) in [6.07, 6.45) is 0. The molecule has 3 rings (SSSR count). The van der Waals surface area contributed by atoms with Crippen LogP contribution in [0, 0.1) is 12.7 Å². The van der Waals surface area contributed by atoms with Gasteiger partial charge < -0.3 is 5.32 Å². The largest absolute Gasteiger partial charge is 0.325 e. The number of nitrogens with one attached hydrogen (secondary N) is 1. The summed E-state index contributed by atoms with van der Waals surface area (Å²) >= 11 is 1.29. The van der Waals surface area contributed by atoms with Gasteiger partial charge in [0.1, 0.15) is 5.82 Å². The summed E-state index contributed by atoms with van der Waals surface area (Å²) in [6.45, 7) is 3.96. The van der Waals surface area contributed by atoms with Gasteiger partial charge in [-0.25, -0.2) is 4.39 Å². The van der Waals surface area contributed by atoms with E-state index in [0.717, 1.165) is 22.8 Å². The minimum atomic E-state index is -0.309. The molecule has 29 heavy (non-hydrogen) atoms. The van der Waals surface area contributed by atoms with Crippen molar-refractivity contribution < 1.29 is 9.18 Å². The monoisotopic (exact) mass is 413 g/mol. The standard InChI is InChI=1S/C21H24FN5OS/c1-14-7-5-6-8-18(14)23-19(28)13-29-21-25-24-20(15(2)26(3)4)27(21)17-11-9-16(22)10-12-17/h5-12,15H,13H2,1-4H3,(H,23,28)/t15-/m1/s1. The Hall–Kier alpha value is -2.71. The van der Waals surface area contributed by atoms with E-state index in [2.05, 4.69) is 15.5 Å². The van der Waals surface area contributed by atoms with Gasteiger partial charge in [-0.1, -0.05) is 30.0 Å². The number of carbonyl (C=O) groups excluding carboxylic acids is 1. The minimum Gasteiger partial charge on any atom is -0.325 e. The molecule has 0 aliphatic rings. The van der Waals surface area contributed by atoms with E-state index < -0.39 is 0 Å². The average Bonchev–Trinajstić information content (AvgIpc) is 3.12. The summed E-state index contributed by atoms with van der Waals surface area (Å²) in [5.41, 5.74) is 2.55. The molecule has 1 amide bonds. The van der Waals surface area contributed by atoms with Crippen LogP contribution in [0.15, 0.2) is 53.7 Å². The number of anilines is 1. The summed E-state index contributed by atoms with van der Waals surface area (Å²) in [5.74, 6) is 0.476. The topological polar surface area (TPSA) is 63.1 Å². The van der Waals surface area contributed by atoms with Crippen molar-refractivity contribution in [2.75, 3.05) is 25.2 Å². The van der Waals surface area contributed by atoms with Gasteiger partial charge >= 0.3 is 0 Å². The lowest BCUT2D eigenvalue weighted by atomic mass is 10.2. The van der Waals surface area contributed by atoms with E-state index in [0.29, 0.717) is 5.16 Å². The number of aryl methyl sites for hydroxylation is 1. The van der Waals surface area contributed by atoms with Crippen LogP contribution in [0.1, 0.15) is 24.4 Å². The fourth-order valence-electron chi connectivity index (χ4n) is 2.74. The van der Waals surface area contributed by atoms with Crippen molar-refractivity contribution in [3.63, 3.8) is 0 Å². The zero-order valence-electron chi connectivity index (χ0n) is 16.9. The Bertz CT molecular complexity index is 987. The molecule has 0 aliphatic heterocycles. The van der Waals surface area contributed by atoms with Gasteiger partial charge in [0.25, 0.3) is 0 Å². The number of halogens is 1. The summed E-state index contributed by atoms with van der Waals surface area (Å²) in [6, 6.07) is 13.8. The predicted octanol–water partition coefficient (Wildman–Crippen LogP) is 4.07. The highest BCUT2D eigenvalue weighted by molar-refractivity contribution is 7.99. The second kappa shape index (κ2) is 9.19. The van der Waals surface area contributed by atoms with Crippen molar-refractivity contribution in [1.82, 2.24) is 19.7 Å². The molecular formula is C21H24FN5OS. The Morgan fingerprint density at radius 2 is 1.86 bits per heavy atom. The summed E-state index contributed by atoms with van der Waals surface area (Å²) in [7, 11) is 3.91. The van der Waals surface area contributed by atoms with Crippen LogP contribution >= 0.6 is 11.8 Å². The maximum absolute atomic E-state index is 13.4. The van der Waals surface area contributed by atoms with Crippen molar-refractivity contribution in [3.8, 4) is 5.69 Å². The van der Waals surface area contributed by atoms with Gasteiger partial charge in [-0.2, -0.15) is 0 Å². The molecule has 0 radical (unpaired) electrons. The van der Waals surface area contributed by atoms with Gasteiger partial charge in [0.15, 0.2) is 11.0 Å². The quantitative estimate of drug-likeness (QED) is 0.592. The number of hydrogen-bond acceptors (Lipinski definition) is 5. The molecule has 0 saturated heterocycles. The summed E-state index contributed by atoms with van der Waals surface area (Å²) < 4.78 is 15.3. The molecule has 0 unspecified atom stereocenters. The predicted molar refractivity (Wildman–Crippen MR) is 114 cm³/mol. The summed E-state index contributed by atoms with van der Waals surface area (Å²) in [4.78, 5) is 14.4. The number of carbonyl (C=O) groups is 1. The molecule has 2 aromatic carbocycles. The van der Waals surface area contributed by atoms with Gasteiger partial charge in [-0.05, 0) is 63.8 Å². The highest BCUT2D eigenvalue weighted by atomic mass is 32.2. The number of aromatic nitrogens is 3. The fraction of sp³-hybridized carbons (Fsp3) is 0.286. The maximum atomic E-state index is 13.4. The second-order valence-corrected chi connectivity index (χ2v) is 7.89. The lowest BCUT2D eigenvalue weighted by Crippen LogP contribution is -2.21. The van der Waals surface area contributed by atoms with Crippen molar-refractivity contribution in [1.29, 1.82) is 0 Å². The van der Waals surface area contributed by atoms with Crippen LogP contribution in [0.2, 0.25) is 0 Å². The first-order valence-electron chi connectivity index (χ1n) is 9.22. The number of rotatable bonds is 7. The third kappa shape index (κ3) is 5.02. The van der Waals surface area contributed by atoms with Crippen molar-refractivity contribution in [2.24, 2.45) is 0 Å². The minimum absolute atomic E-state index is 0.0114. The molecule has 0 bridgehead atoms. The number of amides is 1. The fourth-order valence-corrected chi connectivity index (χ4v) is 3.50. The van der Waals surface area contributed by atoms with Crippen LogP contribution in [0.5, 0.6) is 0 Å². The van der Waals surface area contributed by atoms with E-state index in [9.17, 15) is 9.18 Å². The molecule has 1 N–H and O–H groups in total. The van der Waals surface area contributed by atoms with Crippen LogP contribution in [0.25, 0.3) is 5.69 Å².